The van der Waals surface area contributed by atoms with Crippen LogP contribution >= 0.6 is 11.6 Å². The predicted octanol–water partition coefficient (Wildman–Crippen LogP) is 4.17. The van der Waals surface area contributed by atoms with Gasteiger partial charge in [-0.15, -0.1) is 0 Å². The molecule has 5 rings (SSSR count). The second-order valence-corrected chi connectivity index (χ2v) is 8.12. The molecule has 2 aromatic carbocycles. The van der Waals surface area contributed by atoms with Gasteiger partial charge in [-0.3, -0.25) is 9.36 Å². The van der Waals surface area contributed by atoms with Crippen molar-refractivity contribution in [3.8, 4) is 5.69 Å². The van der Waals surface area contributed by atoms with Crippen molar-refractivity contribution in [2.45, 2.75) is 38.3 Å². The maximum atomic E-state index is 13.5. The molecule has 152 valence electrons. The van der Waals surface area contributed by atoms with Gasteiger partial charge in [0.15, 0.2) is 11.2 Å². The van der Waals surface area contributed by atoms with Crippen LogP contribution in [0.2, 0.25) is 5.02 Å². The average Bonchev–Trinajstić information content (AvgIpc) is 3.41. The highest BCUT2D eigenvalue weighted by molar-refractivity contribution is 6.32. The lowest BCUT2D eigenvalue weighted by Crippen LogP contribution is -2.42. The zero-order valence-corrected chi connectivity index (χ0v) is 17.1. The van der Waals surface area contributed by atoms with Crippen LogP contribution in [0.4, 0.5) is 0 Å². The molecule has 0 amide bonds. The number of aromatic nitrogens is 4. The van der Waals surface area contributed by atoms with Gasteiger partial charge in [0.25, 0.3) is 5.56 Å². The Morgan fingerprint density at radius 1 is 0.967 bits per heavy atom. The number of imidazole rings is 1. The van der Waals surface area contributed by atoms with Crippen LogP contribution in [0.25, 0.3) is 16.9 Å². The number of hydrogen-bond donors (Lipinski definition) is 0. The van der Waals surface area contributed by atoms with Crippen LogP contribution < -0.4 is 11.2 Å². The first-order valence-electron chi connectivity index (χ1n) is 10.2. The Labute approximate surface area is 178 Å². The van der Waals surface area contributed by atoms with Crippen molar-refractivity contribution in [3.05, 3.63) is 92.3 Å². The summed E-state index contributed by atoms with van der Waals surface area (Å²) in [5, 5.41) is 0.440. The van der Waals surface area contributed by atoms with Crippen molar-refractivity contribution in [2.75, 3.05) is 0 Å². The van der Waals surface area contributed by atoms with Crippen LogP contribution in [-0.2, 0) is 6.54 Å². The first-order chi connectivity index (χ1) is 14.6. The van der Waals surface area contributed by atoms with Gasteiger partial charge in [0.05, 0.1) is 17.0 Å². The molecule has 7 heteroatoms. The van der Waals surface area contributed by atoms with Crippen molar-refractivity contribution in [1.82, 2.24) is 18.7 Å². The fourth-order valence-electron chi connectivity index (χ4n) is 4.39. The minimum absolute atomic E-state index is 0.0942. The molecule has 0 bridgehead atoms. The largest absolute Gasteiger partial charge is 0.337 e. The lowest BCUT2D eigenvalue weighted by atomic mass is 10.2. The van der Waals surface area contributed by atoms with Crippen LogP contribution in [0.15, 0.2) is 70.5 Å². The highest BCUT2D eigenvalue weighted by Crippen LogP contribution is 2.28. The molecule has 0 unspecified atom stereocenters. The lowest BCUT2D eigenvalue weighted by Gasteiger charge is -2.17. The number of benzene rings is 2. The number of para-hydroxylation sites is 1. The van der Waals surface area contributed by atoms with E-state index >= 15 is 0 Å². The van der Waals surface area contributed by atoms with Gasteiger partial charge in [-0.1, -0.05) is 66.9 Å². The Morgan fingerprint density at radius 2 is 1.67 bits per heavy atom. The van der Waals surface area contributed by atoms with E-state index in [0.717, 1.165) is 31.2 Å². The maximum absolute atomic E-state index is 13.5. The summed E-state index contributed by atoms with van der Waals surface area (Å²) >= 11 is 6.44. The van der Waals surface area contributed by atoms with Gasteiger partial charge in [-0.05, 0) is 30.5 Å². The Balaban J connectivity index is 1.82. The van der Waals surface area contributed by atoms with Crippen molar-refractivity contribution >= 4 is 22.8 Å². The summed E-state index contributed by atoms with van der Waals surface area (Å²) in [5.41, 5.74) is 1.69. The minimum Gasteiger partial charge on any atom is -0.320 e. The van der Waals surface area contributed by atoms with E-state index in [1.165, 1.54) is 9.13 Å². The third-order valence-electron chi connectivity index (χ3n) is 5.83. The Kier molecular flexibility index (Phi) is 4.79. The van der Waals surface area contributed by atoms with E-state index in [0.29, 0.717) is 28.4 Å². The second kappa shape index (κ2) is 7.61. The van der Waals surface area contributed by atoms with Gasteiger partial charge in [0.1, 0.15) is 0 Å². The highest BCUT2D eigenvalue weighted by atomic mass is 35.5. The molecule has 0 radical (unpaired) electrons. The summed E-state index contributed by atoms with van der Waals surface area (Å²) < 4.78 is 4.73. The van der Waals surface area contributed by atoms with Gasteiger partial charge in [0.2, 0.25) is 0 Å². The molecule has 0 N–H and O–H groups in total. The van der Waals surface area contributed by atoms with E-state index in [1.807, 2.05) is 47.0 Å². The summed E-state index contributed by atoms with van der Waals surface area (Å²) in [4.78, 5) is 31.5. The molecule has 2 heterocycles. The fraction of sp³-hybridized carbons (Fsp3) is 0.261. The number of hydrogen-bond acceptors (Lipinski definition) is 3. The molecule has 2 aromatic heterocycles. The van der Waals surface area contributed by atoms with E-state index in [9.17, 15) is 9.59 Å². The second-order valence-electron chi connectivity index (χ2n) is 7.71. The molecule has 1 aliphatic carbocycles. The fourth-order valence-corrected chi connectivity index (χ4v) is 4.61. The summed E-state index contributed by atoms with van der Waals surface area (Å²) in [5.74, 6) is 0. The SMILES string of the molecule is O=c1c2c(ncn2Cc2ccccc2)n(-c2ccccc2Cl)c(=O)n1C1CCCC1. The summed E-state index contributed by atoms with van der Waals surface area (Å²) in [7, 11) is 0. The molecule has 1 fully saturated rings. The lowest BCUT2D eigenvalue weighted by molar-refractivity contribution is 0.474. The van der Waals surface area contributed by atoms with Gasteiger partial charge in [-0.25, -0.2) is 14.3 Å². The third-order valence-corrected chi connectivity index (χ3v) is 6.15. The van der Waals surface area contributed by atoms with Gasteiger partial charge in [-0.2, -0.15) is 0 Å². The monoisotopic (exact) mass is 420 g/mol. The van der Waals surface area contributed by atoms with Crippen LogP contribution in [0.1, 0.15) is 37.3 Å². The Morgan fingerprint density at radius 3 is 2.40 bits per heavy atom. The molecule has 0 atom stereocenters. The van der Waals surface area contributed by atoms with Crippen LogP contribution in [-0.4, -0.2) is 18.7 Å². The summed E-state index contributed by atoms with van der Waals surface area (Å²) in [6.07, 6.45) is 5.32. The van der Waals surface area contributed by atoms with Gasteiger partial charge < -0.3 is 4.57 Å². The van der Waals surface area contributed by atoms with Gasteiger partial charge in [0, 0.05) is 12.6 Å². The molecule has 30 heavy (non-hydrogen) atoms. The number of rotatable bonds is 4. The Hall–Kier alpha value is -3.12. The zero-order valence-electron chi connectivity index (χ0n) is 16.4. The molecule has 4 aromatic rings. The Bertz CT molecular complexity index is 1330. The van der Waals surface area contributed by atoms with Crippen molar-refractivity contribution in [1.29, 1.82) is 0 Å². The summed E-state index contributed by atoms with van der Waals surface area (Å²) in [6, 6.07) is 17.0. The van der Waals surface area contributed by atoms with Crippen molar-refractivity contribution in [3.63, 3.8) is 0 Å². The standard InChI is InChI=1S/C23H21ClN4O2/c24-18-12-6-7-13-19(18)28-21-20(22(29)27(23(28)30)17-10-4-5-11-17)26(15-25-21)14-16-8-2-1-3-9-16/h1-3,6-9,12-13,15,17H,4-5,10-11,14H2. The zero-order chi connectivity index (χ0) is 20.7. The van der Waals surface area contributed by atoms with Crippen molar-refractivity contribution in [2.24, 2.45) is 0 Å². The molecular weight excluding hydrogens is 400 g/mol. The average molecular weight is 421 g/mol. The number of halogens is 1. The smallest absolute Gasteiger partial charge is 0.320 e. The summed E-state index contributed by atoms with van der Waals surface area (Å²) in [6.45, 7) is 0.498. The topological polar surface area (TPSA) is 61.8 Å². The number of nitrogens with zero attached hydrogens (tertiary/aromatic N) is 4. The molecular formula is C23H21ClN4O2. The van der Waals surface area contributed by atoms with Crippen LogP contribution in [0, 0.1) is 0 Å². The third kappa shape index (κ3) is 3.08. The quantitative estimate of drug-likeness (QED) is 0.498. The van der Waals surface area contributed by atoms with Crippen LogP contribution in [0.3, 0.4) is 0 Å². The van der Waals surface area contributed by atoms with E-state index in [-0.39, 0.29) is 17.3 Å². The van der Waals surface area contributed by atoms with Crippen LogP contribution in [0.5, 0.6) is 0 Å². The molecule has 1 aliphatic rings. The molecule has 6 nitrogen and oxygen atoms in total. The van der Waals surface area contributed by atoms with E-state index in [4.69, 9.17) is 11.6 Å². The minimum atomic E-state index is -0.377. The van der Waals surface area contributed by atoms with E-state index in [1.54, 1.807) is 18.5 Å². The predicted molar refractivity (Wildman–Crippen MR) is 118 cm³/mol. The number of fused-ring (bicyclic) bond motifs is 1. The maximum Gasteiger partial charge on any atom is 0.337 e. The highest BCUT2D eigenvalue weighted by Gasteiger charge is 2.26. The molecule has 0 aliphatic heterocycles. The first kappa shape index (κ1) is 18.9. The molecule has 1 saturated carbocycles. The normalized spacial score (nSPS) is 14.6. The van der Waals surface area contributed by atoms with E-state index < -0.39 is 0 Å². The first-order valence-corrected chi connectivity index (χ1v) is 10.5. The van der Waals surface area contributed by atoms with Crippen molar-refractivity contribution < 1.29 is 0 Å². The molecule has 0 saturated heterocycles. The van der Waals surface area contributed by atoms with E-state index in [2.05, 4.69) is 4.98 Å². The molecule has 0 spiro atoms. The van der Waals surface area contributed by atoms with Gasteiger partial charge >= 0.3 is 5.69 Å².